The number of carboxylic acids is 2. The predicted molar refractivity (Wildman–Crippen MR) is 83.7 cm³/mol. The largest absolute Gasteiger partial charge is 0.542 e. The zero-order chi connectivity index (χ0) is 25.5. The van der Waals surface area contributed by atoms with Crippen LogP contribution in [-0.4, -0.2) is 49.3 Å². The van der Waals surface area contributed by atoms with E-state index in [1.54, 1.807) is 0 Å². The lowest BCUT2D eigenvalue weighted by molar-refractivity contribution is -0.360. The Morgan fingerprint density at radius 2 is 0.969 bits per heavy atom. The van der Waals surface area contributed by atoms with E-state index in [0.717, 1.165) is 11.1 Å². The smallest absolute Gasteiger partial charge is 0.430 e. The number of esters is 2. The number of carbonyl (C=O) groups excluding carboxylic acids is 4. The number of aliphatic carboxylic acids is 2. The summed E-state index contributed by atoms with van der Waals surface area (Å²) in [5.41, 5.74) is 8.51. The zero-order valence-electron chi connectivity index (χ0n) is 16.1. The first-order valence-corrected chi connectivity index (χ1v) is 8.09. The van der Waals surface area contributed by atoms with Crippen molar-refractivity contribution in [3.63, 3.8) is 0 Å². The van der Waals surface area contributed by atoms with Crippen LogP contribution in [0.2, 0.25) is 0 Å². The number of ether oxygens (including phenoxy) is 2. The Balaban J connectivity index is 0. The number of quaternary nitrogens is 2. The minimum Gasteiger partial charge on any atom is -0.542 e. The maximum atomic E-state index is 11.0. The molecule has 182 valence electrons. The van der Waals surface area contributed by atoms with Crippen LogP contribution in [0.4, 0.5) is 26.3 Å². The van der Waals surface area contributed by atoms with E-state index in [1.807, 2.05) is 24.3 Å². The highest BCUT2D eigenvalue weighted by Crippen LogP contribution is 2.12. The maximum Gasteiger partial charge on any atom is 0.430 e. The molecule has 0 spiro atoms. The Labute approximate surface area is 175 Å². The van der Waals surface area contributed by atoms with Gasteiger partial charge in [0, 0.05) is 0 Å². The molecule has 32 heavy (non-hydrogen) atoms. The minimum absolute atomic E-state index is 0.0959. The summed E-state index contributed by atoms with van der Waals surface area (Å²) in [6.07, 6.45) is -10.4. The molecule has 0 aliphatic heterocycles. The second-order valence-electron chi connectivity index (χ2n) is 5.16. The summed E-state index contributed by atoms with van der Waals surface area (Å²) in [6, 6.07) is 7.31. The molecule has 0 amide bonds. The van der Waals surface area contributed by atoms with Gasteiger partial charge in [-0.1, -0.05) is 24.3 Å². The van der Waals surface area contributed by atoms with Crippen molar-refractivity contribution in [2.75, 3.05) is 13.1 Å². The van der Waals surface area contributed by atoms with Crippen molar-refractivity contribution in [2.24, 2.45) is 0 Å². The van der Waals surface area contributed by atoms with Crippen LogP contribution in [0.3, 0.4) is 0 Å². The van der Waals surface area contributed by atoms with Crippen molar-refractivity contribution in [3.8, 4) is 0 Å². The van der Waals surface area contributed by atoms with Crippen molar-refractivity contribution in [2.45, 2.75) is 25.6 Å². The molecule has 0 fully saturated rings. The Morgan fingerprint density at radius 1 is 0.719 bits per heavy atom. The molecule has 0 saturated carbocycles. The molecule has 6 N–H and O–H groups in total. The first kappa shape index (κ1) is 30.8. The van der Waals surface area contributed by atoms with Gasteiger partial charge in [0.2, 0.25) is 0 Å². The lowest BCUT2D eigenvalue weighted by atomic mass is 10.1. The van der Waals surface area contributed by atoms with Crippen LogP contribution in [-0.2, 0) is 41.9 Å². The fourth-order valence-electron chi connectivity index (χ4n) is 1.30. The topological polar surface area (TPSA) is 188 Å². The Morgan fingerprint density at radius 3 is 1.16 bits per heavy atom. The van der Waals surface area contributed by atoms with E-state index in [4.69, 9.17) is 29.3 Å². The fourth-order valence-corrected chi connectivity index (χ4v) is 1.30. The third kappa shape index (κ3) is 15.4. The molecule has 1 rings (SSSR count). The van der Waals surface area contributed by atoms with Gasteiger partial charge in [-0.2, -0.15) is 26.3 Å². The standard InChI is InChI=1S/C12H16N2O4.2C2HF3O2/c13-5-11(15)17-7-9-3-1-2-4-10(9)8-18-12(16)6-14;2*3-2(4,5)1(6)7/h1-4H,5-8,13-14H2;2*(H,6,7). The molecule has 1 aromatic carbocycles. The molecule has 0 heterocycles. The number of benzene rings is 1. The number of hydrogen-bond acceptors (Lipinski definition) is 8. The van der Waals surface area contributed by atoms with Gasteiger partial charge < -0.3 is 40.7 Å². The second-order valence-corrected chi connectivity index (χ2v) is 5.16. The zero-order valence-corrected chi connectivity index (χ0v) is 16.1. The van der Waals surface area contributed by atoms with Crippen LogP contribution < -0.4 is 21.7 Å². The van der Waals surface area contributed by atoms with Crippen molar-refractivity contribution >= 4 is 23.9 Å². The molecule has 0 aromatic heterocycles. The van der Waals surface area contributed by atoms with Crippen molar-refractivity contribution in [1.29, 1.82) is 0 Å². The summed E-state index contributed by atoms with van der Waals surface area (Å²) >= 11 is 0. The van der Waals surface area contributed by atoms with Crippen LogP contribution in [0.25, 0.3) is 0 Å². The SMILES string of the molecule is O=C([O-])C(F)(F)F.O=C([O-])C(F)(F)F.[NH3+]CC(=O)OCc1ccccc1COC(=O)C[NH3+]. The molecule has 0 radical (unpaired) electrons. The monoisotopic (exact) mass is 480 g/mol. The Hall–Kier alpha value is -3.40. The Bertz CT molecular complexity index is 705. The Kier molecular flexibility index (Phi) is 14.0. The predicted octanol–water partition coefficient (Wildman–Crippen LogP) is -3.15. The van der Waals surface area contributed by atoms with Crippen molar-refractivity contribution < 1.29 is 76.7 Å². The van der Waals surface area contributed by atoms with E-state index in [-0.39, 0.29) is 38.2 Å². The van der Waals surface area contributed by atoms with Crippen LogP contribution in [0.15, 0.2) is 24.3 Å². The number of carbonyl (C=O) groups is 4. The maximum absolute atomic E-state index is 11.0. The highest BCUT2D eigenvalue weighted by Gasteiger charge is 2.29. The molecule has 1 aromatic rings. The molecule has 10 nitrogen and oxygen atoms in total. The summed E-state index contributed by atoms with van der Waals surface area (Å²) in [5.74, 6) is -6.74. The van der Waals surface area contributed by atoms with Crippen molar-refractivity contribution in [1.82, 2.24) is 0 Å². The summed E-state index contributed by atoms with van der Waals surface area (Å²) in [6.45, 7) is 0.510. The first-order chi connectivity index (χ1) is 14.6. The van der Waals surface area contributed by atoms with Crippen LogP contribution >= 0.6 is 0 Å². The van der Waals surface area contributed by atoms with Crippen LogP contribution in [0.1, 0.15) is 11.1 Å². The van der Waals surface area contributed by atoms with Gasteiger partial charge in [0.25, 0.3) is 0 Å². The molecule has 0 aliphatic rings. The van der Waals surface area contributed by atoms with Gasteiger partial charge in [0.15, 0.2) is 13.1 Å². The molecule has 0 aliphatic carbocycles. The number of hydrogen-bond donors (Lipinski definition) is 2. The molecule has 0 bridgehead atoms. The van der Waals surface area contributed by atoms with E-state index < -0.39 is 24.3 Å². The lowest BCUT2D eigenvalue weighted by Gasteiger charge is -2.09. The highest BCUT2D eigenvalue weighted by molar-refractivity contribution is 5.71. The normalized spacial score (nSPS) is 10.5. The number of rotatable bonds is 6. The van der Waals surface area contributed by atoms with Crippen LogP contribution in [0.5, 0.6) is 0 Å². The lowest BCUT2D eigenvalue weighted by Crippen LogP contribution is -2.54. The van der Waals surface area contributed by atoms with Gasteiger partial charge in [0.1, 0.15) is 25.2 Å². The highest BCUT2D eigenvalue weighted by atomic mass is 19.4. The summed E-state index contributed by atoms with van der Waals surface area (Å²) in [5, 5.41) is 17.6. The van der Waals surface area contributed by atoms with Gasteiger partial charge in [-0.05, 0) is 11.1 Å². The summed E-state index contributed by atoms with van der Waals surface area (Å²) in [4.78, 5) is 39.6. The number of halogens is 6. The number of alkyl halides is 6. The molecule has 0 saturated heterocycles. The molecule has 0 atom stereocenters. The fraction of sp³-hybridized carbons (Fsp3) is 0.375. The average Bonchev–Trinajstić information content (AvgIpc) is 2.70. The van der Waals surface area contributed by atoms with Gasteiger partial charge >= 0.3 is 24.3 Å². The summed E-state index contributed by atoms with van der Waals surface area (Å²) in [7, 11) is 0. The van der Waals surface area contributed by atoms with E-state index in [0.29, 0.717) is 0 Å². The third-order valence-corrected chi connectivity index (χ3v) is 2.77. The van der Waals surface area contributed by atoms with Gasteiger partial charge in [-0.25, -0.2) is 9.59 Å². The molecular weight excluding hydrogens is 462 g/mol. The van der Waals surface area contributed by atoms with Crippen molar-refractivity contribution in [3.05, 3.63) is 35.4 Å². The summed E-state index contributed by atoms with van der Waals surface area (Å²) < 4.78 is 73.1. The number of carboxylic acid groups (broad SMARTS) is 2. The van der Waals surface area contributed by atoms with Crippen LogP contribution in [0, 0.1) is 0 Å². The van der Waals surface area contributed by atoms with Gasteiger partial charge in [-0.15, -0.1) is 0 Å². The minimum atomic E-state index is -5.19. The third-order valence-electron chi connectivity index (χ3n) is 2.77. The van der Waals surface area contributed by atoms with Gasteiger partial charge in [-0.3, -0.25) is 0 Å². The molecule has 16 heteroatoms. The van der Waals surface area contributed by atoms with Gasteiger partial charge in [0.05, 0.1) is 0 Å². The molecule has 0 unspecified atom stereocenters. The van der Waals surface area contributed by atoms with E-state index in [1.165, 1.54) is 0 Å². The molecular formula is C16H18F6N2O8. The second kappa shape index (κ2) is 14.6. The quantitative estimate of drug-likeness (QED) is 0.315. The average molecular weight is 480 g/mol. The van der Waals surface area contributed by atoms with E-state index in [9.17, 15) is 35.9 Å². The van der Waals surface area contributed by atoms with E-state index in [2.05, 4.69) is 11.5 Å². The first-order valence-electron chi connectivity index (χ1n) is 8.09. The van der Waals surface area contributed by atoms with E-state index >= 15 is 0 Å².